The van der Waals surface area contributed by atoms with E-state index in [0.29, 0.717) is 28.9 Å². The minimum Gasteiger partial charge on any atom is -0.326 e. The largest absolute Gasteiger partial charge is 0.326 e. The van der Waals surface area contributed by atoms with Crippen LogP contribution in [-0.2, 0) is 4.79 Å². The SMILES string of the molecule is CCCCCCCCCC(=O)Nc1ccc(C(=O)N(NC(=O)c2ccccc2)c2ccccc2)cc1. The summed E-state index contributed by atoms with van der Waals surface area (Å²) < 4.78 is 0. The van der Waals surface area contributed by atoms with E-state index in [-0.39, 0.29) is 17.7 Å². The van der Waals surface area contributed by atoms with Crippen LogP contribution < -0.4 is 15.8 Å². The van der Waals surface area contributed by atoms with Gasteiger partial charge >= 0.3 is 0 Å². The number of carbonyl (C=O) groups is 3. The van der Waals surface area contributed by atoms with Crippen LogP contribution in [0.1, 0.15) is 79.0 Å². The first-order chi connectivity index (χ1) is 17.6. The maximum Gasteiger partial charge on any atom is 0.277 e. The van der Waals surface area contributed by atoms with Gasteiger partial charge in [0.2, 0.25) is 5.91 Å². The highest BCUT2D eigenvalue weighted by atomic mass is 16.2. The minimum atomic E-state index is -0.387. The van der Waals surface area contributed by atoms with Crippen LogP contribution in [0.4, 0.5) is 11.4 Å². The molecule has 3 aromatic carbocycles. The van der Waals surface area contributed by atoms with Crippen molar-refractivity contribution in [2.45, 2.75) is 58.3 Å². The number of hydrogen-bond acceptors (Lipinski definition) is 3. The highest BCUT2D eigenvalue weighted by molar-refractivity contribution is 6.09. The van der Waals surface area contributed by atoms with Crippen molar-refractivity contribution in [1.82, 2.24) is 5.43 Å². The van der Waals surface area contributed by atoms with Crippen LogP contribution in [0.25, 0.3) is 0 Å². The van der Waals surface area contributed by atoms with Gasteiger partial charge in [-0.15, -0.1) is 0 Å². The number of carbonyl (C=O) groups excluding carboxylic acids is 3. The fourth-order valence-corrected chi connectivity index (χ4v) is 3.86. The Hall–Kier alpha value is -3.93. The Morgan fingerprint density at radius 1 is 0.667 bits per heavy atom. The van der Waals surface area contributed by atoms with Crippen molar-refractivity contribution in [1.29, 1.82) is 0 Å². The van der Waals surface area contributed by atoms with Crippen molar-refractivity contribution in [3.05, 3.63) is 96.1 Å². The molecule has 36 heavy (non-hydrogen) atoms. The summed E-state index contributed by atoms with van der Waals surface area (Å²) in [4.78, 5) is 38.4. The van der Waals surface area contributed by atoms with E-state index in [1.54, 1.807) is 72.8 Å². The third kappa shape index (κ3) is 8.38. The van der Waals surface area contributed by atoms with Crippen molar-refractivity contribution < 1.29 is 14.4 Å². The molecule has 0 bridgehead atoms. The van der Waals surface area contributed by atoms with Gasteiger partial charge in [0.05, 0.1) is 5.69 Å². The molecule has 0 saturated heterocycles. The second-order valence-electron chi connectivity index (χ2n) is 8.78. The lowest BCUT2D eigenvalue weighted by Crippen LogP contribution is -2.46. The summed E-state index contributed by atoms with van der Waals surface area (Å²) in [6, 6.07) is 24.4. The predicted molar refractivity (Wildman–Crippen MR) is 145 cm³/mol. The van der Waals surface area contributed by atoms with Gasteiger partial charge < -0.3 is 5.32 Å². The average molecular weight is 486 g/mol. The maximum atomic E-state index is 13.3. The molecular weight excluding hydrogens is 450 g/mol. The van der Waals surface area contributed by atoms with Gasteiger partial charge in [-0.2, -0.15) is 0 Å². The van der Waals surface area contributed by atoms with E-state index in [2.05, 4.69) is 17.7 Å². The monoisotopic (exact) mass is 485 g/mol. The molecule has 6 nitrogen and oxygen atoms in total. The van der Waals surface area contributed by atoms with E-state index in [0.717, 1.165) is 12.8 Å². The number of hydrazine groups is 1. The molecule has 3 aromatic rings. The summed E-state index contributed by atoms with van der Waals surface area (Å²) in [5, 5.41) is 4.14. The fraction of sp³-hybridized carbons (Fsp3) is 0.300. The number of nitrogens with one attached hydrogen (secondary N) is 2. The van der Waals surface area contributed by atoms with E-state index < -0.39 is 0 Å². The van der Waals surface area contributed by atoms with Crippen LogP contribution in [0.15, 0.2) is 84.9 Å². The average Bonchev–Trinajstić information content (AvgIpc) is 2.92. The first-order valence-corrected chi connectivity index (χ1v) is 12.7. The molecule has 0 atom stereocenters. The topological polar surface area (TPSA) is 78.5 Å². The van der Waals surface area contributed by atoms with Crippen molar-refractivity contribution in [3.63, 3.8) is 0 Å². The predicted octanol–water partition coefficient (Wildman–Crippen LogP) is 6.76. The number of amides is 3. The highest BCUT2D eigenvalue weighted by Gasteiger charge is 2.21. The number of para-hydroxylation sites is 1. The Morgan fingerprint density at radius 2 is 1.25 bits per heavy atom. The van der Waals surface area contributed by atoms with E-state index in [1.807, 2.05) is 12.1 Å². The van der Waals surface area contributed by atoms with Gasteiger partial charge in [-0.05, 0) is 55.0 Å². The quantitative estimate of drug-likeness (QED) is 0.220. The Balaban J connectivity index is 1.59. The Labute approximate surface area is 213 Å². The molecule has 2 N–H and O–H groups in total. The highest BCUT2D eigenvalue weighted by Crippen LogP contribution is 2.18. The number of nitrogens with zero attached hydrogens (tertiary/aromatic N) is 1. The third-order valence-corrected chi connectivity index (χ3v) is 5.89. The Kier molecular flexibility index (Phi) is 10.7. The molecule has 0 unspecified atom stereocenters. The minimum absolute atomic E-state index is 0.0244. The van der Waals surface area contributed by atoms with Crippen LogP contribution in [0.5, 0.6) is 0 Å². The maximum absolute atomic E-state index is 13.3. The molecular formula is C30H35N3O3. The molecule has 0 aromatic heterocycles. The Bertz CT molecular complexity index is 1100. The lowest BCUT2D eigenvalue weighted by atomic mass is 10.1. The van der Waals surface area contributed by atoms with E-state index in [9.17, 15) is 14.4 Å². The van der Waals surface area contributed by atoms with Gasteiger partial charge in [0.25, 0.3) is 11.8 Å². The van der Waals surface area contributed by atoms with Gasteiger partial charge in [-0.25, -0.2) is 5.01 Å². The zero-order valence-electron chi connectivity index (χ0n) is 20.9. The molecule has 0 saturated carbocycles. The van der Waals surface area contributed by atoms with Crippen molar-refractivity contribution in [2.24, 2.45) is 0 Å². The molecule has 0 aliphatic heterocycles. The molecule has 0 radical (unpaired) electrons. The second-order valence-corrected chi connectivity index (χ2v) is 8.78. The summed E-state index contributed by atoms with van der Waals surface area (Å²) in [5.41, 5.74) is 4.73. The van der Waals surface area contributed by atoms with E-state index >= 15 is 0 Å². The smallest absolute Gasteiger partial charge is 0.277 e. The van der Waals surface area contributed by atoms with Gasteiger partial charge in [0.15, 0.2) is 0 Å². The third-order valence-electron chi connectivity index (χ3n) is 5.89. The van der Waals surface area contributed by atoms with Crippen LogP contribution in [0, 0.1) is 0 Å². The fourth-order valence-electron chi connectivity index (χ4n) is 3.86. The summed E-state index contributed by atoms with van der Waals surface area (Å²) in [7, 11) is 0. The van der Waals surface area contributed by atoms with Crippen LogP contribution in [-0.4, -0.2) is 17.7 Å². The number of unbranched alkanes of at least 4 members (excludes halogenated alkanes) is 6. The van der Waals surface area contributed by atoms with Crippen molar-refractivity contribution >= 4 is 29.1 Å². The van der Waals surface area contributed by atoms with Crippen LogP contribution >= 0.6 is 0 Å². The second kappa shape index (κ2) is 14.5. The molecule has 0 spiro atoms. The van der Waals surface area contributed by atoms with Gasteiger partial charge in [-0.1, -0.05) is 81.8 Å². The lowest BCUT2D eigenvalue weighted by molar-refractivity contribution is -0.116. The molecule has 0 aliphatic carbocycles. The van der Waals surface area contributed by atoms with Crippen LogP contribution in [0.2, 0.25) is 0 Å². The summed E-state index contributed by atoms with van der Waals surface area (Å²) >= 11 is 0. The summed E-state index contributed by atoms with van der Waals surface area (Å²) in [6.45, 7) is 2.20. The molecule has 6 heteroatoms. The first kappa shape index (κ1) is 26.7. The summed E-state index contributed by atoms with van der Waals surface area (Å²) in [5.74, 6) is -0.794. The van der Waals surface area contributed by atoms with Crippen molar-refractivity contribution in [3.8, 4) is 0 Å². The number of anilines is 2. The molecule has 188 valence electrons. The summed E-state index contributed by atoms with van der Waals surface area (Å²) in [6.07, 6.45) is 8.61. The molecule has 3 rings (SSSR count). The lowest BCUT2D eigenvalue weighted by Gasteiger charge is -2.23. The standard InChI is InChI=1S/C30H35N3O3/c1-2-3-4-5-6-7-14-19-28(34)31-26-22-20-25(21-23-26)30(36)33(27-17-12-9-13-18-27)32-29(35)24-15-10-8-11-16-24/h8-13,15-18,20-23H,2-7,14,19H2,1H3,(H,31,34)(H,32,35). The Morgan fingerprint density at radius 3 is 1.89 bits per heavy atom. The van der Waals surface area contributed by atoms with Gasteiger partial charge in [0, 0.05) is 23.2 Å². The number of rotatable bonds is 12. The zero-order chi connectivity index (χ0) is 25.6. The number of benzene rings is 3. The molecule has 0 aliphatic rings. The van der Waals surface area contributed by atoms with Gasteiger partial charge in [0.1, 0.15) is 0 Å². The molecule has 0 heterocycles. The van der Waals surface area contributed by atoms with Crippen LogP contribution in [0.3, 0.4) is 0 Å². The zero-order valence-corrected chi connectivity index (χ0v) is 20.9. The van der Waals surface area contributed by atoms with E-state index in [4.69, 9.17) is 0 Å². The van der Waals surface area contributed by atoms with E-state index in [1.165, 1.54) is 37.1 Å². The molecule has 3 amide bonds. The van der Waals surface area contributed by atoms with Gasteiger partial charge in [-0.3, -0.25) is 19.8 Å². The number of hydrogen-bond donors (Lipinski definition) is 2. The molecule has 0 fully saturated rings. The normalized spacial score (nSPS) is 10.5. The first-order valence-electron chi connectivity index (χ1n) is 12.7. The van der Waals surface area contributed by atoms with Crippen molar-refractivity contribution in [2.75, 3.05) is 10.3 Å².